The number of aromatic nitrogens is 2. The van der Waals surface area contributed by atoms with E-state index >= 15 is 0 Å². The Kier molecular flexibility index (Phi) is 6.93. The first-order chi connectivity index (χ1) is 16.7. The zero-order valence-electron chi connectivity index (χ0n) is 21.0. The molecule has 0 aromatic carbocycles. The maximum atomic E-state index is 13.9. The highest BCUT2D eigenvalue weighted by atomic mass is 19.1. The number of fused-ring (bicyclic) bond motifs is 1. The van der Waals surface area contributed by atoms with E-state index in [0.717, 1.165) is 43.5 Å². The zero-order chi connectivity index (χ0) is 25.3. The number of pyridine rings is 1. The minimum Gasteiger partial charge on any atom is -0.488 e. The highest BCUT2D eigenvalue weighted by Crippen LogP contribution is 2.35. The molecule has 0 bridgehead atoms. The van der Waals surface area contributed by atoms with E-state index in [1.165, 1.54) is 6.08 Å². The monoisotopic (exact) mass is 479 g/mol. The normalized spacial score (nSPS) is 17.6. The molecule has 6 nitrogen and oxygen atoms in total. The lowest BCUT2D eigenvalue weighted by atomic mass is 9.82. The summed E-state index contributed by atoms with van der Waals surface area (Å²) in [6.07, 6.45) is 14.4. The van der Waals surface area contributed by atoms with Crippen molar-refractivity contribution >= 4 is 22.5 Å². The second-order valence-corrected chi connectivity index (χ2v) is 9.81. The predicted molar refractivity (Wildman–Crippen MR) is 137 cm³/mol. The Labute approximate surface area is 205 Å². The first-order valence-corrected chi connectivity index (χ1v) is 12.5. The van der Waals surface area contributed by atoms with Crippen LogP contribution in [0.15, 0.2) is 28.8 Å². The highest BCUT2D eigenvalue weighted by molar-refractivity contribution is 6.04. The number of ether oxygens (including phenoxy) is 1. The van der Waals surface area contributed by atoms with Gasteiger partial charge in [0.25, 0.3) is 11.5 Å². The Hall–Kier alpha value is -3.27. The molecule has 0 spiro atoms. The van der Waals surface area contributed by atoms with E-state index < -0.39 is 5.54 Å². The van der Waals surface area contributed by atoms with Gasteiger partial charge in [0.1, 0.15) is 16.8 Å². The van der Waals surface area contributed by atoms with Gasteiger partial charge in [-0.25, -0.2) is 4.39 Å². The van der Waals surface area contributed by atoms with Crippen molar-refractivity contribution in [3.63, 3.8) is 0 Å². The molecule has 2 aromatic rings. The van der Waals surface area contributed by atoms with Gasteiger partial charge in [-0.1, -0.05) is 32.1 Å². The van der Waals surface area contributed by atoms with Crippen molar-refractivity contribution in [2.75, 3.05) is 0 Å². The quantitative estimate of drug-likeness (QED) is 0.576. The predicted octanol–water partition coefficient (Wildman–Crippen LogP) is 5.24. The fraction of sp³-hybridized carbons (Fsp3) is 0.500. The Bertz CT molecular complexity index is 1310. The number of terminal acetylenes is 1. The van der Waals surface area contributed by atoms with Crippen LogP contribution < -0.4 is 15.6 Å². The van der Waals surface area contributed by atoms with Crippen LogP contribution in [0, 0.1) is 12.3 Å². The smallest absolute Gasteiger partial charge is 0.272 e. The molecule has 7 heteroatoms. The molecule has 1 N–H and O–H groups in total. The molecular formula is C28H34FN3O3. The Morgan fingerprint density at radius 1 is 1.26 bits per heavy atom. The van der Waals surface area contributed by atoms with E-state index in [-0.39, 0.29) is 41.3 Å². The molecule has 0 unspecified atom stereocenters. The van der Waals surface area contributed by atoms with Gasteiger partial charge in [-0.2, -0.15) is 0 Å². The number of nitrogens with one attached hydrogen (secondary N) is 1. The van der Waals surface area contributed by atoms with E-state index in [1.807, 2.05) is 26.8 Å². The van der Waals surface area contributed by atoms with Crippen LogP contribution in [0.1, 0.15) is 81.9 Å². The molecule has 4 rings (SSSR count). The van der Waals surface area contributed by atoms with Gasteiger partial charge < -0.3 is 14.6 Å². The summed E-state index contributed by atoms with van der Waals surface area (Å²) in [5.74, 6) is 2.54. The number of nitrogens with zero attached hydrogens (tertiary/aromatic N) is 2. The molecule has 0 aliphatic heterocycles. The molecule has 2 aliphatic rings. The molecule has 0 atom stereocenters. The summed E-state index contributed by atoms with van der Waals surface area (Å²) >= 11 is 0. The van der Waals surface area contributed by atoms with Gasteiger partial charge in [-0.3, -0.25) is 14.2 Å². The van der Waals surface area contributed by atoms with E-state index in [4.69, 9.17) is 11.2 Å². The number of aryl methyl sites for hydroxylation is 2. The van der Waals surface area contributed by atoms with Gasteiger partial charge in [-0.05, 0) is 57.7 Å². The summed E-state index contributed by atoms with van der Waals surface area (Å²) in [6, 6.07) is 1.92. The minimum absolute atomic E-state index is 0.200. The lowest BCUT2D eigenvalue weighted by Gasteiger charge is -2.33. The van der Waals surface area contributed by atoms with Crippen molar-refractivity contribution in [3.05, 3.63) is 45.8 Å². The number of carbonyl (C=O) groups is 1. The highest BCUT2D eigenvalue weighted by Gasteiger charge is 2.35. The summed E-state index contributed by atoms with van der Waals surface area (Å²) < 4.78 is 23.2. The molecule has 35 heavy (non-hydrogen) atoms. The van der Waals surface area contributed by atoms with Crippen molar-refractivity contribution < 1.29 is 13.9 Å². The largest absolute Gasteiger partial charge is 0.488 e. The molecule has 2 heterocycles. The van der Waals surface area contributed by atoms with Crippen molar-refractivity contribution in [3.8, 4) is 18.1 Å². The fourth-order valence-electron chi connectivity index (χ4n) is 5.22. The van der Waals surface area contributed by atoms with Crippen molar-refractivity contribution in [2.24, 2.45) is 7.05 Å². The average Bonchev–Trinajstić information content (AvgIpc) is 3.11. The van der Waals surface area contributed by atoms with Crippen LogP contribution in [0.4, 0.5) is 4.39 Å². The van der Waals surface area contributed by atoms with Crippen LogP contribution >= 0.6 is 0 Å². The van der Waals surface area contributed by atoms with Crippen LogP contribution in [0.25, 0.3) is 16.6 Å². The van der Waals surface area contributed by atoms with E-state index in [1.54, 1.807) is 22.3 Å². The SMILES string of the molecule is C#CC1(NC(=O)c2c(OC(C)C)c3c(=O)n(C4=CC=C(F)CC4)c(CC)cc3n2C)CCCCC1. The lowest BCUT2D eigenvalue weighted by Crippen LogP contribution is -2.49. The van der Waals surface area contributed by atoms with Gasteiger partial charge in [0, 0.05) is 24.9 Å². The number of amides is 1. The second kappa shape index (κ2) is 9.77. The number of halogens is 1. The van der Waals surface area contributed by atoms with Crippen LogP contribution in [-0.2, 0) is 13.5 Å². The first kappa shape index (κ1) is 24.8. The summed E-state index contributed by atoms with van der Waals surface area (Å²) in [5, 5.41) is 3.44. The van der Waals surface area contributed by atoms with E-state index in [0.29, 0.717) is 23.7 Å². The summed E-state index contributed by atoms with van der Waals surface area (Å²) in [6.45, 7) is 5.69. The number of carbonyl (C=O) groups excluding carboxylic acids is 1. The Morgan fingerprint density at radius 2 is 1.97 bits per heavy atom. The van der Waals surface area contributed by atoms with Crippen molar-refractivity contribution in [1.82, 2.24) is 14.5 Å². The van der Waals surface area contributed by atoms with Crippen LogP contribution in [0.3, 0.4) is 0 Å². The Balaban J connectivity index is 1.93. The fourth-order valence-corrected chi connectivity index (χ4v) is 5.22. The maximum Gasteiger partial charge on any atom is 0.272 e. The first-order valence-electron chi connectivity index (χ1n) is 12.5. The van der Waals surface area contributed by atoms with Crippen molar-refractivity contribution in [2.45, 2.75) is 83.8 Å². The third kappa shape index (κ3) is 4.54. The molecule has 1 amide bonds. The molecule has 0 saturated heterocycles. The molecular weight excluding hydrogens is 445 g/mol. The summed E-state index contributed by atoms with van der Waals surface area (Å²) in [7, 11) is 1.77. The number of rotatable bonds is 6. The molecule has 2 aliphatic carbocycles. The third-order valence-electron chi connectivity index (χ3n) is 7.03. The molecule has 186 valence electrons. The van der Waals surface area contributed by atoms with E-state index in [9.17, 15) is 14.0 Å². The lowest BCUT2D eigenvalue weighted by molar-refractivity contribution is 0.0889. The van der Waals surface area contributed by atoms with Gasteiger partial charge in [-0.15, -0.1) is 6.42 Å². The van der Waals surface area contributed by atoms with Crippen LogP contribution in [-0.4, -0.2) is 26.7 Å². The van der Waals surface area contributed by atoms with Gasteiger partial charge in [0.15, 0.2) is 11.4 Å². The number of allylic oxidation sites excluding steroid dienone is 4. The maximum absolute atomic E-state index is 13.9. The average molecular weight is 480 g/mol. The molecule has 2 aromatic heterocycles. The second-order valence-electron chi connectivity index (χ2n) is 9.81. The molecule has 1 fully saturated rings. The third-order valence-corrected chi connectivity index (χ3v) is 7.03. The summed E-state index contributed by atoms with van der Waals surface area (Å²) in [4.78, 5) is 27.6. The van der Waals surface area contributed by atoms with Gasteiger partial charge >= 0.3 is 0 Å². The number of hydrogen-bond acceptors (Lipinski definition) is 3. The number of hydrogen-bond donors (Lipinski definition) is 1. The standard InChI is InChI=1S/C28H34FN3O3/c1-6-20-17-22-23(27(34)32(20)21-13-11-19(29)12-14-21)25(35-18(3)4)24(31(22)5)26(33)30-28(7-2)15-9-8-10-16-28/h2,11,13,17-18H,6,8-10,12,14-16H2,1,3-5H3,(H,30,33). The van der Waals surface area contributed by atoms with Gasteiger partial charge in [0.2, 0.25) is 0 Å². The van der Waals surface area contributed by atoms with E-state index in [2.05, 4.69) is 11.2 Å². The van der Waals surface area contributed by atoms with Crippen LogP contribution in [0.2, 0.25) is 0 Å². The zero-order valence-corrected chi connectivity index (χ0v) is 21.0. The van der Waals surface area contributed by atoms with Crippen LogP contribution in [0.5, 0.6) is 5.75 Å². The Morgan fingerprint density at radius 3 is 2.54 bits per heavy atom. The topological polar surface area (TPSA) is 65.3 Å². The van der Waals surface area contributed by atoms with Crippen molar-refractivity contribution in [1.29, 1.82) is 0 Å². The van der Waals surface area contributed by atoms with Gasteiger partial charge in [0.05, 0.1) is 11.6 Å². The molecule has 1 saturated carbocycles. The summed E-state index contributed by atoms with van der Waals surface area (Å²) in [5.41, 5.74) is 1.47. The molecule has 0 radical (unpaired) electrons. The minimum atomic E-state index is -0.695.